The number of carbonyl (C=O) groups is 1. The summed E-state index contributed by atoms with van der Waals surface area (Å²) in [6.45, 7) is 0. The first kappa shape index (κ1) is 20.1. The van der Waals surface area contributed by atoms with Gasteiger partial charge >= 0.3 is 6.03 Å². The highest BCUT2D eigenvalue weighted by Crippen LogP contribution is 2.22. The van der Waals surface area contributed by atoms with Crippen molar-refractivity contribution in [1.82, 2.24) is 15.0 Å². The van der Waals surface area contributed by atoms with Gasteiger partial charge in [-0.1, -0.05) is 29.8 Å². The van der Waals surface area contributed by atoms with E-state index in [1.54, 1.807) is 48.7 Å². The molecule has 4 N–H and O–H groups in total. The highest BCUT2D eigenvalue weighted by Gasteiger charge is 2.06. The van der Waals surface area contributed by atoms with Crippen molar-refractivity contribution in [3.8, 4) is 0 Å². The van der Waals surface area contributed by atoms with E-state index in [1.165, 1.54) is 6.33 Å². The fourth-order valence-corrected chi connectivity index (χ4v) is 2.88. The van der Waals surface area contributed by atoms with Crippen molar-refractivity contribution in [1.29, 1.82) is 0 Å². The second-order valence-electron chi connectivity index (χ2n) is 6.39. The summed E-state index contributed by atoms with van der Waals surface area (Å²) in [5, 5.41) is 12.3. The molecule has 0 aliphatic rings. The molecular weight excluding hydrogens is 414 g/mol. The average molecular weight is 432 g/mol. The van der Waals surface area contributed by atoms with Crippen LogP contribution in [0, 0.1) is 0 Å². The third kappa shape index (κ3) is 5.68. The zero-order chi connectivity index (χ0) is 21.5. The van der Waals surface area contributed by atoms with Gasteiger partial charge in [-0.15, -0.1) is 0 Å². The number of benzene rings is 2. The number of urea groups is 1. The summed E-state index contributed by atoms with van der Waals surface area (Å²) < 4.78 is 0. The van der Waals surface area contributed by atoms with Crippen molar-refractivity contribution in [3.05, 3.63) is 90.3 Å². The summed E-state index contributed by atoms with van der Waals surface area (Å²) in [4.78, 5) is 24.8. The lowest BCUT2D eigenvalue weighted by atomic mass is 10.2. The van der Waals surface area contributed by atoms with Crippen molar-refractivity contribution in [3.63, 3.8) is 0 Å². The molecule has 0 spiro atoms. The van der Waals surface area contributed by atoms with Gasteiger partial charge in [0, 0.05) is 23.6 Å². The van der Waals surface area contributed by atoms with E-state index in [1.807, 2.05) is 30.3 Å². The van der Waals surface area contributed by atoms with E-state index in [0.717, 1.165) is 5.69 Å². The van der Waals surface area contributed by atoms with Crippen LogP contribution in [0.25, 0.3) is 0 Å². The Hall–Kier alpha value is -4.17. The lowest BCUT2D eigenvalue weighted by molar-refractivity contribution is 0.262. The van der Waals surface area contributed by atoms with E-state index in [9.17, 15) is 4.79 Å². The number of carbonyl (C=O) groups excluding carboxylic acids is 1. The van der Waals surface area contributed by atoms with E-state index in [4.69, 9.17) is 11.6 Å². The molecule has 0 aliphatic carbocycles. The lowest BCUT2D eigenvalue weighted by Gasteiger charge is -2.11. The van der Waals surface area contributed by atoms with Crippen LogP contribution in [-0.4, -0.2) is 21.0 Å². The van der Waals surface area contributed by atoms with Gasteiger partial charge in [0.1, 0.15) is 23.8 Å². The van der Waals surface area contributed by atoms with E-state index in [-0.39, 0.29) is 6.03 Å². The first-order valence-electron chi connectivity index (χ1n) is 9.35. The molecule has 8 nitrogen and oxygen atoms in total. The molecule has 0 aliphatic heterocycles. The number of nitrogens with zero attached hydrogens (tertiary/aromatic N) is 3. The van der Waals surface area contributed by atoms with Crippen LogP contribution in [0.1, 0.15) is 0 Å². The number of para-hydroxylation sites is 1. The molecule has 4 aromatic rings. The van der Waals surface area contributed by atoms with Gasteiger partial charge in [0.2, 0.25) is 0 Å². The smallest absolute Gasteiger partial charge is 0.323 e. The van der Waals surface area contributed by atoms with Gasteiger partial charge in [-0.3, -0.25) is 0 Å². The van der Waals surface area contributed by atoms with Gasteiger partial charge in [-0.25, -0.2) is 19.7 Å². The molecule has 0 bridgehead atoms. The van der Waals surface area contributed by atoms with Gasteiger partial charge < -0.3 is 21.3 Å². The van der Waals surface area contributed by atoms with Crippen LogP contribution in [0.3, 0.4) is 0 Å². The molecule has 0 saturated heterocycles. The maximum atomic E-state index is 12.2. The molecule has 4 rings (SSSR count). The van der Waals surface area contributed by atoms with Crippen LogP contribution in [0.5, 0.6) is 0 Å². The Morgan fingerprint density at radius 2 is 1.42 bits per heavy atom. The number of rotatable bonds is 6. The van der Waals surface area contributed by atoms with Crippen molar-refractivity contribution in [2.75, 3.05) is 21.3 Å². The molecule has 0 unspecified atom stereocenters. The van der Waals surface area contributed by atoms with Crippen molar-refractivity contribution < 1.29 is 4.79 Å². The van der Waals surface area contributed by atoms with Crippen molar-refractivity contribution >= 4 is 52.1 Å². The van der Waals surface area contributed by atoms with Gasteiger partial charge in [-0.05, 0) is 48.5 Å². The van der Waals surface area contributed by atoms with E-state index in [2.05, 4.69) is 36.2 Å². The SMILES string of the molecule is O=C(Nc1ccc(Nc2cc(Nc3ccccn3)ncn2)cc1)Nc1ccccc1Cl. The number of amides is 2. The minimum Gasteiger partial charge on any atom is -0.340 e. The van der Waals surface area contributed by atoms with Crippen LogP contribution < -0.4 is 21.3 Å². The third-order valence-corrected chi connectivity index (χ3v) is 4.45. The summed E-state index contributed by atoms with van der Waals surface area (Å²) in [5.41, 5.74) is 1.98. The summed E-state index contributed by atoms with van der Waals surface area (Å²) in [6.07, 6.45) is 3.16. The Balaban J connectivity index is 1.36. The largest absolute Gasteiger partial charge is 0.340 e. The molecule has 2 aromatic carbocycles. The lowest BCUT2D eigenvalue weighted by Crippen LogP contribution is -2.19. The summed E-state index contributed by atoms with van der Waals surface area (Å²) in [7, 11) is 0. The van der Waals surface area contributed by atoms with Crippen molar-refractivity contribution in [2.24, 2.45) is 0 Å². The molecule has 0 saturated carbocycles. The molecule has 0 radical (unpaired) electrons. The number of hydrogen-bond donors (Lipinski definition) is 4. The number of aromatic nitrogens is 3. The van der Waals surface area contributed by atoms with E-state index >= 15 is 0 Å². The first-order valence-corrected chi connectivity index (χ1v) is 9.73. The molecule has 0 atom stereocenters. The minimum atomic E-state index is -0.380. The minimum absolute atomic E-state index is 0.380. The highest BCUT2D eigenvalue weighted by atomic mass is 35.5. The monoisotopic (exact) mass is 431 g/mol. The van der Waals surface area contributed by atoms with Gasteiger partial charge in [0.15, 0.2) is 0 Å². The fraction of sp³-hybridized carbons (Fsp3) is 0. The topological polar surface area (TPSA) is 104 Å². The Labute approximate surface area is 183 Å². The number of pyridine rings is 1. The second-order valence-corrected chi connectivity index (χ2v) is 6.80. The molecular formula is C22H18ClN7O. The summed E-state index contributed by atoms with van der Waals surface area (Å²) >= 11 is 6.06. The molecule has 154 valence electrons. The van der Waals surface area contributed by atoms with Crippen LogP contribution in [0.2, 0.25) is 5.02 Å². The standard InChI is InChI=1S/C22H18ClN7O/c23-17-5-1-2-6-18(17)29-22(31)28-16-10-8-15(9-11-16)27-20-13-21(26-14-25-20)30-19-7-3-4-12-24-19/h1-14H,(H2,28,29,31)(H2,24,25,26,27,30). The van der Waals surface area contributed by atoms with Crippen LogP contribution in [-0.2, 0) is 0 Å². The molecule has 31 heavy (non-hydrogen) atoms. The number of hydrogen-bond acceptors (Lipinski definition) is 6. The van der Waals surface area contributed by atoms with E-state index in [0.29, 0.717) is 33.9 Å². The van der Waals surface area contributed by atoms with Crippen LogP contribution in [0.15, 0.2) is 85.3 Å². The van der Waals surface area contributed by atoms with Crippen LogP contribution in [0.4, 0.5) is 39.3 Å². The first-order chi connectivity index (χ1) is 15.2. The molecule has 9 heteroatoms. The number of anilines is 6. The average Bonchev–Trinajstić information content (AvgIpc) is 2.78. The third-order valence-electron chi connectivity index (χ3n) is 4.13. The van der Waals surface area contributed by atoms with Crippen molar-refractivity contribution in [2.45, 2.75) is 0 Å². The Bertz CT molecular complexity index is 1170. The maximum absolute atomic E-state index is 12.2. The normalized spacial score (nSPS) is 10.2. The summed E-state index contributed by atoms with van der Waals surface area (Å²) in [5.74, 6) is 1.92. The second kappa shape index (κ2) is 9.55. The van der Waals surface area contributed by atoms with Crippen LogP contribution >= 0.6 is 11.6 Å². The van der Waals surface area contributed by atoms with Gasteiger partial charge in [-0.2, -0.15) is 0 Å². The molecule has 0 fully saturated rings. The predicted molar refractivity (Wildman–Crippen MR) is 123 cm³/mol. The Kier molecular flexibility index (Phi) is 6.20. The number of halogens is 1. The van der Waals surface area contributed by atoms with Gasteiger partial charge in [0.05, 0.1) is 10.7 Å². The predicted octanol–water partition coefficient (Wildman–Crippen LogP) is 5.66. The highest BCUT2D eigenvalue weighted by molar-refractivity contribution is 6.33. The zero-order valence-corrected chi connectivity index (χ0v) is 17.0. The number of nitrogens with one attached hydrogen (secondary N) is 4. The quantitative estimate of drug-likeness (QED) is 0.314. The van der Waals surface area contributed by atoms with Gasteiger partial charge in [0.25, 0.3) is 0 Å². The Morgan fingerprint density at radius 3 is 2.16 bits per heavy atom. The molecule has 2 heterocycles. The summed E-state index contributed by atoms with van der Waals surface area (Å²) in [6, 6.07) is 21.2. The zero-order valence-electron chi connectivity index (χ0n) is 16.2. The molecule has 2 aromatic heterocycles. The fourth-order valence-electron chi connectivity index (χ4n) is 2.69. The van der Waals surface area contributed by atoms with E-state index < -0.39 is 0 Å². The molecule has 2 amide bonds. The maximum Gasteiger partial charge on any atom is 0.323 e. The Morgan fingerprint density at radius 1 is 0.710 bits per heavy atom.